The van der Waals surface area contributed by atoms with Gasteiger partial charge in [-0.05, 0) is 52.1 Å². The van der Waals surface area contributed by atoms with Crippen LogP contribution < -0.4 is 5.32 Å². The number of benzene rings is 3. The van der Waals surface area contributed by atoms with E-state index in [1.807, 2.05) is 38.2 Å². The van der Waals surface area contributed by atoms with Crippen LogP contribution in [0.3, 0.4) is 0 Å². The Balaban J connectivity index is 1.71. The van der Waals surface area contributed by atoms with Gasteiger partial charge >= 0.3 is 0 Å². The van der Waals surface area contributed by atoms with Crippen molar-refractivity contribution in [2.45, 2.75) is 25.9 Å². The number of amides is 1. The molecule has 4 rings (SSSR count). The molecule has 3 aromatic rings. The maximum atomic E-state index is 13.8. The minimum Gasteiger partial charge on any atom is -0.340 e. The van der Waals surface area contributed by atoms with Crippen molar-refractivity contribution in [1.82, 2.24) is 15.1 Å². The molecule has 1 amide bonds. The van der Waals surface area contributed by atoms with Crippen LogP contribution in [0, 0.1) is 17.1 Å². The van der Waals surface area contributed by atoms with E-state index < -0.39 is 6.04 Å². The number of piperazine rings is 1. The van der Waals surface area contributed by atoms with Crippen molar-refractivity contribution in [2.24, 2.45) is 0 Å². The number of rotatable bonds is 6. The minimum absolute atomic E-state index is 0.0306. The minimum atomic E-state index is -0.479. The lowest BCUT2D eigenvalue weighted by Crippen LogP contribution is -2.49. The van der Waals surface area contributed by atoms with Crippen molar-refractivity contribution < 1.29 is 9.18 Å². The molecule has 0 aromatic heterocycles. The summed E-state index contributed by atoms with van der Waals surface area (Å²) in [6.07, 6.45) is 0.713. The number of carbonyl (C=O) groups is 1. The third-order valence-corrected chi connectivity index (χ3v) is 6.46. The van der Waals surface area contributed by atoms with Crippen molar-refractivity contribution in [3.05, 3.63) is 82.7 Å². The fourth-order valence-electron chi connectivity index (χ4n) is 4.77. The quantitative estimate of drug-likeness (QED) is 0.624. The second kappa shape index (κ2) is 10.1. The summed E-state index contributed by atoms with van der Waals surface area (Å²) in [4.78, 5) is 17.7. The molecule has 0 radical (unpaired) electrons. The molecule has 5 nitrogen and oxygen atoms in total. The Labute approximate surface area is 194 Å². The van der Waals surface area contributed by atoms with Gasteiger partial charge in [0, 0.05) is 39.8 Å². The zero-order valence-corrected chi connectivity index (χ0v) is 19.1. The Hall–Kier alpha value is -3.27. The summed E-state index contributed by atoms with van der Waals surface area (Å²) in [5.41, 5.74) is 3.45. The average molecular weight is 445 g/mol. The molecule has 1 aliphatic heterocycles. The predicted octanol–water partition coefficient (Wildman–Crippen LogP) is 4.02. The van der Waals surface area contributed by atoms with Gasteiger partial charge in [-0.15, -0.1) is 0 Å². The van der Waals surface area contributed by atoms with E-state index in [-0.39, 0.29) is 11.7 Å². The first-order valence-corrected chi connectivity index (χ1v) is 11.4. The van der Waals surface area contributed by atoms with Gasteiger partial charge in [0.05, 0.1) is 11.6 Å². The Bertz CT molecular complexity index is 1180. The summed E-state index contributed by atoms with van der Waals surface area (Å²) in [5.74, 6) is -0.344. The molecular formula is C27H29FN4O. The number of nitrogens with zero attached hydrogens (tertiary/aromatic N) is 3. The van der Waals surface area contributed by atoms with Gasteiger partial charge in [0.25, 0.3) is 0 Å². The number of carbonyl (C=O) groups excluding carboxylic acids is 1. The first-order chi connectivity index (χ1) is 16.0. The molecule has 33 heavy (non-hydrogen) atoms. The van der Waals surface area contributed by atoms with Gasteiger partial charge in [0.2, 0.25) is 5.91 Å². The first-order valence-electron chi connectivity index (χ1n) is 11.4. The summed E-state index contributed by atoms with van der Waals surface area (Å²) in [6.45, 7) is 5.55. The number of fused-ring (bicyclic) bond motifs is 1. The summed E-state index contributed by atoms with van der Waals surface area (Å²) in [7, 11) is 1.81. The Morgan fingerprint density at radius 2 is 1.85 bits per heavy atom. The highest BCUT2D eigenvalue weighted by molar-refractivity contribution is 5.89. The molecule has 0 aliphatic carbocycles. The topological polar surface area (TPSA) is 59.4 Å². The molecular weight excluding hydrogens is 415 g/mol. The van der Waals surface area contributed by atoms with Crippen LogP contribution in [0.2, 0.25) is 0 Å². The number of halogens is 1. The van der Waals surface area contributed by atoms with Gasteiger partial charge in [0.1, 0.15) is 11.9 Å². The molecule has 3 aromatic carbocycles. The van der Waals surface area contributed by atoms with E-state index in [0.29, 0.717) is 18.5 Å². The van der Waals surface area contributed by atoms with Crippen LogP contribution in [0.15, 0.2) is 54.6 Å². The van der Waals surface area contributed by atoms with Crippen LogP contribution in [0.25, 0.3) is 10.8 Å². The van der Waals surface area contributed by atoms with Gasteiger partial charge in [-0.25, -0.2) is 4.39 Å². The Morgan fingerprint density at radius 3 is 2.52 bits per heavy atom. The number of nitriles is 1. The number of hydrogen-bond donors (Lipinski definition) is 1. The molecule has 1 aliphatic rings. The maximum Gasteiger partial charge on any atom is 0.244 e. The van der Waals surface area contributed by atoms with E-state index >= 15 is 0 Å². The van der Waals surface area contributed by atoms with Gasteiger partial charge in [-0.1, -0.05) is 43.3 Å². The van der Waals surface area contributed by atoms with E-state index in [2.05, 4.69) is 22.4 Å². The fourth-order valence-corrected chi connectivity index (χ4v) is 4.77. The monoisotopic (exact) mass is 444 g/mol. The first kappa shape index (κ1) is 22.9. The molecule has 1 saturated heterocycles. The second-order valence-electron chi connectivity index (χ2n) is 8.50. The molecule has 1 heterocycles. The Morgan fingerprint density at radius 1 is 1.15 bits per heavy atom. The van der Waals surface area contributed by atoms with E-state index in [9.17, 15) is 14.4 Å². The number of likely N-dealkylation sites (N-methyl/N-ethyl adjacent to an activating group) is 1. The summed E-state index contributed by atoms with van der Waals surface area (Å²) in [5, 5.41) is 15.1. The van der Waals surface area contributed by atoms with Gasteiger partial charge in [-0.2, -0.15) is 5.26 Å². The lowest BCUT2D eigenvalue weighted by molar-refractivity contribution is -0.136. The summed E-state index contributed by atoms with van der Waals surface area (Å²) in [6, 6.07) is 18.0. The van der Waals surface area contributed by atoms with Crippen LogP contribution in [-0.2, 0) is 17.8 Å². The molecule has 1 N–H and O–H groups in total. The van der Waals surface area contributed by atoms with Crippen molar-refractivity contribution in [1.29, 1.82) is 5.26 Å². The Kier molecular flexibility index (Phi) is 7.02. The second-order valence-corrected chi connectivity index (χ2v) is 8.50. The van der Waals surface area contributed by atoms with Gasteiger partial charge in [0.15, 0.2) is 0 Å². The molecule has 0 bridgehead atoms. The van der Waals surface area contributed by atoms with Crippen LogP contribution in [0.5, 0.6) is 0 Å². The average Bonchev–Trinajstić information content (AvgIpc) is 2.85. The third-order valence-electron chi connectivity index (χ3n) is 6.46. The van der Waals surface area contributed by atoms with Crippen LogP contribution in [0.4, 0.5) is 4.39 Å². The lowest BCUT2D eigenvalue weighted by atomic mass is 9.92. The number of hydrogen-bond acceptors (Lipinski definition) is 4. The summed E-state index contributed by atoms with van der Waals surface area (Å²) < 4.78 is 13.6. The van der Waals surface area contributed by atoms with Crippen molar-refractivity contribution in [3.63, 3.8) is 0 Å². The van der Waals surface area contributed by atoms with Crippen molar-refractivity contribution in [2.75, 3.05) is 33.2 Å². The maximum absolute atomic E-state index is 13.8. The highest BCUT2D eigenvalue weighted by Crippen LogP contribution is 2.30. The van der Waals surface area contributed by atoms with Gasteiger partial charge in [-0.3, -0.25) is 9.69 Å². The highest BCUT2D eigenvalue weighted by Gasteiger charge is 2.31. The van der Waals surface area contributed by atoms with Crippen LogP contribution >= 0.6 is 0 Å². The molecule has 6 heteroatoms. The van der Waals surface area contributed by atoms with Crippen molar-refractivity contribution >= 4 is 16.7 Å². The number of nitrogens with one attached hydrogen (secondary N) is 1. The molecule has 0 spiro atoms. The fraction of sp³-hybridized carbons (Fsp3) is 0.333. The third kappa shape index (κ3) is 4.75. The summed E-state index contributed by atoms with van der Waals surface area (Å²) >= 11 is 0. The van der Waals surface area contributed by atoms with Crippen LogP contribution in [-0.4, -0.2) is 48.9 Å². The SMILES string of the molecule is CCc1c(C#N)cc2ccccc2c1CN(C)C(=O)C(c1ccc(F)cc1)N1CCNCC1. The molecule has 1 fully saturated rings. The van der Waals surface area contributed by atoms with Gasteiger partial charge < -0.3 is 10.2 Å². The van der Waals surface area contributed by atoms with E-state index in [1.54, 1.807) is 17.0 Å². The van der Waals surface area contributed by atoms with E-state index in [0.717, 1.165) is 53.6 Å². The highest BCUT2D eigenvalue weighted by atomic mass is 19.1. The zero-order valence-electron chi connectivity index (χ0n) is 19.1. The zero-order chi connectivity index (χ0) is 23.4. The molecule has 1 unspecified atom stereocenters. The lowest BCUT2D eigenvalue weighted by Gasteiger charge is -2.36. The standard InChI is InChI=1S/C27H29FN4O/c1-3-23-21(17-29)16-20-6-4-5-7-24(20)25(23)18-31(2)27(33)26(32-14-12-30-13-15-32)19-8-10-22(28)11-9-19/h4-11,16,26,30H,3,12-15,18H2,1-2H3. The van der Waals surface area contributed by atoms with Crippen LogP contribution in [0.1, 0.15) is 35.2 Å². The van der Waals surface area contributed by atoms with Crippen molar-refractivity contribution in [3.8, 4) is 6.07 Å². The smallest absolute Gasteiger partial charge is 0.244 e. The normalized spacial score (nSPS) is 15.2. The molecule has 0 saturated carbocycles. The van der Waals surface area contributed by atoms with E-state index in [1.165, 1.54) is 12.1 Å². The molecule has 1 atom stereocenters. The predicted molar refractivity (Wildman–Crippen MR) is 128 cm³/mol. The van der Waals surface area contributed by atoms with E-state index in [4.69, 9.17) is 0 Å². The largest absolute Gasteiger partial charge is 0.340 e. The molecule has 170 valence electrons.